The Kier molecular flexibility index (Phi) is 7.83. The lowest BCUT2D eigenvalue weighted by atomic mass is 9.89. The fraction of sp³-hybridized carbons (Fsp3) is 0.409. The van der Waals surface area contributed by atoms with E-state index in [0.29, 0.717) is 19.4 Å². The van der Waals surface area contributed by atoms with Gasteiger partial charge in [-0.05, 0) is 59.0 Å². The Hall–Kier alpha value is -2.19. The molecular weight excluding hydrogens is 392 g/mol. The van der Waals surface area contributed by atoms with Crippen LogP contribution in [0.4, 0.5) is 0 Å². The van der Waals surface area contributed by atoms with Crippen molar-refractivity contribution >= 4 is 23.4 Å². The number of rotatable bonds is 8. The molecule has 6 nitrogen and oxygen atoms in total. The lowest BCUT2D eigenvalue weighted by molar-refractivity contribution is -0.170. The zero-order valence-electron chi connectivity index (χ0n) is 16.0. The van der Waals surface area contributed by atoms with Crippen LogP contribution >= 0.6 is 11.3 Å². The van der Waals surface area contributed by atoms with E-state index >= 15 is 0 Å². The average molecular weight is 419 g/mol. The Morgan fingerprint density at radius 1 is 1.17 bits per heavy atom. The maximum atomic E-state index is 12.1. The maximum Gasteiger partial charge on any atom is 0.331 e. The molecule has 1 aliphatic rings. The summed E-state index contributed by atoms with van der Waals surface area (Å²) in [6, 6.07) is 8.46. The number of aromatic hydroxyl groups is 1. The molecule has 3 rings (SSSR count). The smallest absolute Gasteiger partial charge is 0.331 e. The van der Waals surface area contributed by atoms with Gasteiger partial charge in [0.25, 0.3) is 0 Å². The number of hydrogen-bond donors (Lipinski definition) is 3. The number of phenolic OH excluding ortho intramolecular Hbond substituents is 1. The van der Waals surface area contributed by atoms with Gasteiger partial charge >= 0.3 is 5.97 Å². The van der Waals surface area contributed by atoms with Gasteiger partial charge in [0.05, 0.1) is 12.2 Å². The molecule has 3 N–H and O–H groups in total. The number of carbonyl (C=O) groups is 1. The molecule has 1 aromatic carbocycles. The predicted molar refractivity (Wildman–Crippen MR) is 111 cm³/mol. The first-order valence-electron chi connectivity index (χ1n) is 9.68. The number of hydrogen-bond acceptors (Lipinski definition) is 7. The van der Waals surface area contributed by atoms with Crippen LogP contribution in [0, 0.1) is 0 Å². The molecule has 1 saturated carbocycles. The van der Waals surface area contributed by atoms with E-state index in [1.54, 1.807) is 29.5 Å². The van der Waals surface area contributed by atoms with E-state index in [0.717, 1.165) is 18.4 Å². The number of carbonyl (C=O) groups excluding carboxylic acids is 1. The summed E-state index contributed by atoms with van der Waals surface area (Å²) in [7, 11) is 0. The number of aliphatic hydroxyl groups is 2. The van der Waals surface area contributed by atoms with Gasteiger partial charge in [-0.25, -0.2) is 4.79 Å². The zero-order chi connectivity index (χ0) is 20.6. The first-order valence-corrected chi connectivity index (χ1v) is 10.6. The monoisotopic (exact) mass is 418 g/mol. The molecule has 1 aliphatic carbocycles. The summed E-state index contributed by atoms with van der Waals surface area (Å²) in [6.07, 6.45) is 2.06. The van der Waals surface area contributed by atoms with Crippen molar-refractivity contribution in [2.75, 3.05) is 6.61 Å². The molecule has 0 saturated heterocycles. The zero-order valence-corrected chi connectivity index (χ0v) is 16.8. The van der Waals surface area contributed by atoms with Crippen LogP contribution in [0.2, 0.25) is 0 Å². The normalized spacial score (nSPS) is 24.6. The summed E-state index contributed by atoms with van der Waals surface area (Å²) in [6.45, 7) is 0.546. The van der Waals surface area contributed by atoms with Gasteiger partial charge in [0.15, 0.2) is 0 Å². The second kappa shape index (κ2) is 10.5. The van der Waals surface area contributed by atoms with Gasteiger partial charge < -0.3 is 24.8 Å². The molecular formula is C22H26O6S. The summed E-state index contributed by atoms with van der Waals surface area (Å²) in [4.78, 5) is 12.1. The third-order valence-corrected chi connectivity index (χ3v) is 5.62. The van der Waals surface area contributed by atoms with Crippen molar-refractivity contribution < 1.29 is 29.6 Å². The lowest BCUT2D eigenvalue weighted by Gasteiger charge is -2.36. The molecule has 156 valence electrons. The van der Waals surface area contributed by atoms with Crippen molar-refractivity contribution in [1.82, 2.24) is 0 Å². The van der Waals surface area contributed by atoms with E-state index in [1.165, 1.54) is 23.8 Å². The largest absolute Gasteiger partial charge is 0.508 e. The average Bonchev–Trinajstić information content (AvgIpc) is 3.22. The first-order chi connectivity index (χ1) is 14.0. The summed E-state index contributed by atoms with van der Waals surface area (Å²) in [5, 5.41) is 33.7. The first kappa shape index (κ1) is 21.5. The minimum Gasteiger partial charge on any atom is -0.508 e. The Morgan fingerprint density at radius 3 is 2.69 bits per heavy atom. The second-order valence-corrected chi connectivity index (χ2v) is 7.94. The molecule has 4 atom stereocenters. The number of phenols is 1. The van der Waals surface area contributed by atoms with Crippen LogP contribution in [0.3, 0.4) is 0 Å². The van der Waals surface area contributed by atoms with E-state index in [-0.39, 0.29) is 11.9 Å². The van der Waals surface area contributed by atoms with Gasteiger partial charge in [-0.2, -0.15) is 11.3 Å². The number of esters is 1. The number of thiophene rings is 1. The van der Waals surface area contributed by atoms with Crippen LogP contribution in [0.15, 0.2) is 47.2 Å². The Balaban J connectivity index is 1.46. The highest BCUT2D eigenvalue weighted by Gasteiger charge is 2.38. The number of benzene rings is 1. The number of aliphatic hydroxyl groups excluding tert-OH is 2. The molecule has 0 radical (unpaired) electrons. The third kappa shape index (κ3) is 6.68. The Labute approximate surface area is 174 Å². The van der Waals surface area contributed by atoms with Gasteiger partial charge in [-0.1, -0.05) is 12.1 Å². The van der Waals surface area contributed by atoms with Gasteiger partial charge in [0.1, 0.15) is 18.0 Å². The standard InChI is InChI=1S/C22H26O6S/c23-17-6-3-15(4-7-17)5-8-21(25)28-20-13-18(12-19(24)22(20)26)27-10-1-2-16-9-11-29-14-16/h3-9,11,14,18-20,22-24,26H,1-2,10,12-13H2/b8-5+/t18-,19-,20+,22+/m0/s1. The fourth-order valence-corrected chi connectivity index (χ4v) is 4.01. The van der Waals surface area contributed by atoms with E-state index in [2.05, 4.69) is 11.4 Å². The van der Waals surface area contributed by atoms with Gasteiger partial charge in [-0.15, -0.1) is 0 Å². The molecule has 0 aliphatic heterocycles. The molecule has 29 heavy (non-hydrogen) atoms. The number of aryl methyl sites for hydroxylation is 1. The van der Waals surface area contributed by atoms with Crippen LogP contribution in [-0.2, 0) is 20.7 Å². The minimum absolute atomic E-state index is 0.144. The van der Waals surface area contributed by atoms with Crippen molar-refractivity contribution in [1.29, 1.82) is 0 Å². The summed E-state index contributed by atoms with van der Waals surface area (Å²) < 4.78 is 11.2. The minimum atomic E-state index is -1.13. The van der Waals surface area contributed by atoms with Crippen LogP contribution < -0.4 is 0 Å². The van der Waals surface area contributed by atoms with E-state index in [4.69, 9.17) is 9.47 Å². The van der Waals surface area contributed by atoms with Gasteiger partial charge in [-0.3, -0.25) is 0 Å². The lowest BCUT2D eigenvalue weighted by Crippen LogP contribution is -2.48. The van der Waals surface area contributed by atoms with Crippen LogP contribution in [0.1, 0.15) is 30.4 Å². The van der Waals surface area contributed by atoms with Crippen molar-refractivity contribution in [2.45, 2.75) is 50.1 Å². The summed E-state index contributed by atoms with van der Waals surface area (Å²) >= 11 is 1.67. The molecule has 1 fully saturated rings. The molecule has 1 aromatic heterocycles. The summed E-state index contributed by atoms with van der Waals surface area (Å²) in [5.74, 6) is -0.460. The van der Waals surface area contributed by atoms with Crippen LogP contribution in [-0.4, -0.2) is 52.3 Å². The van der Waals surface area contributed by atoms with Crippen molar-refractivity contribution in [2.24, 2.45) is 0 Å². The molecule has 0 bridgehead atoms. The van der Waals surface area contributed by atoms with Crippen LogP contribution in [0.5, 0.6) is 5.75 Å². The fourth-order valence-electron chi connectivity index (χ4n) is 3.30. The Bertz CT molecular complexity index is 786. The molecule has 0 spiro atoms. The third-order valence-electron chi connectivity index (χ3n) is 4.89. The predicted octanol–water partition coefficient (Wildman–Crippen LogP) is 2.91. The Morgan fingerprint density at radius 2 is 1.97 bits per heavy atom. The molecule has 0 amide bonds. The SMILES string of the molecule is O=C(/C=C/c1ccc(O)cc1)O[C@@H]1C[C@@H](OCCCc2ccsc2)C[C@H](O)[C@H]1O. The highest BCUT2D eigenvalue weighted by Crippen LogP contribution is 2.25. The quantitative estimate of drug-likeness (QED) is 0.347. The van der Waals surface area contributed by atoms with Crippen molar-refractivity contribution in [3.8, 4) is 5.75 Å². The van der Waals surface area contributed by atoms with Gasteiger partial charge in [0.2, 0.25) is 0 Å². The highest BCUT2D eigenvalue weighted by molar-refractivity contribution is 7.07. The van der Waals surface area contributed by atoms with Crippen molar-refractivity contribution in [3.05, 3.63) is 58.3 Å². The van der Waals surface area contributed by atoms with E-state index in [9.17, 15) is 20.1 Å². The number of ether oxygens (including phenoxy) is 2. The highest BCUT2D eigenvalue weighted by atomic mass is 32.1. The topological polar surface area (TPSA) is 96.2 Å². The summed E-state index contributed by atoms with van der Waals surface area (Å²) in [5.41, 5.74) is 2.01. The van der Waals surface area contributed by atoms with Crippen molar-refractivity contribution in [3.63, 3.8) is 0 Å². The maximum absolute atomic E-state index is 12.1. The van der Waals surface area contributed by atoms with Gasteiger partial charge in [0, 0.05) is 25.5 Å². The molecule has 7 heteroatoms. The molecule has 2 aromatic rings. The van der Waals surface area contributed by atoms with E-state index in [1.807, 2.05) is 5.38 Å². The van der Waals surface area contributed by atoms with E-state index < -0.39 is 24.3 Å². The molecule has 1 heterocycles. The molecule has 0 unspecified atom stereocenters. The van der Waals surface area contributed by atoms with Crippen LogP contribution in [0.25, 0.3) is 6.08 Å². The second-order valence-electron chi connectivity index (χ2n) is 7.16.